The average Bonchev–Trinajstić information content (AvgIpc) is 3.08. The predicted octanol–water partition coefficient (Wildman–Crippen LogP) is 11.5. The van der Waals surface area contributed by atoms with Gasteiger partial charge >= 0.3 is 11.9 Å². The average molecular weight is 855 g/mol. The van der Waals surface area contributed by atoms with Crippen LogP contribution in [0.15, 0.2) is 54.6 Å². The molecule has 0 aliphatic heterocycles. The first-order chi connectivity index (χ1) is 24.5. The molecular formula is C36H32Cl7NO8. The number of anilines is 1. The maximum Gasteiger partial charge on any atom is 0.345 e. The Bertz CT molecular complexity index is 1890. The molecule has 4 aromatic rings. The minimum absolute atomic E-state index is 0.0290. The normalized spacial score (nSPS) is 11.7. The fourth-order valence-electron chi connectivity index (χ4n) is 4.90. The van der Waals surface area contributed by atoms with Crippen LogP contribution in [0.2, 0.25) is 30.1 Å². The summed E-state index contributed by atoms with van der Waals surface area (Å²) in [5.74, 6) is -1.19. The van der Waals surface area contributed by atoms with Crippen molar-refractivity contribution in [3.63, 3.8) is 0 Å². The minimum atomic E-state index is -0.945. The van der Waals surface area contributed by atoms with Gasteiger partial charge in [-0.25, -0.2) is 9.59 Å². The van der Waals surface area contributed by atoms with Gasteiger partial charge in [-0.15, -0.1) is 0 Å². The summed E-state index contributed by atoms with van der Waals surface area (Å²) in [5, 5.41) is 0.438. The molecule has 278 valence electrons. The predicted molar refractivity (Wildman–Crippen MR) is 207 cm³/mol. The lowest BCUT2D eigenvalue weighted by Crippen LogP contribution is -2.45. The zero-order valence-electron chi connectivity index (χ0n) is 28.7. The number of benzene rings is 4. The summed E-state index contributed by atoms with van der Waals surface area (Å²) in [6.45, 7) is 7.18. The summed E-state index contributed by atoms with van der Waals surface area (Å²) in [6.07, 6.45) is -1.89. The first-order valence-corrected chi connectivity index (χ1v) is 17.7. The van der Waals surface area contributed by atoms with E-state index in [1.54, 1.807) is 18.7 Å². The molecule has 2 atom stereocenters. The van der Waals surface area contributed by atoms with Gasteiger partial charge in [0.25, 0.3) is 5.24 Å². The summed E-state index contributed by atoms with van der Waals surface area (Å²) in [7, 11) is 4.13. The van der Waals surface area contributed by atoms with Gasteiger partial charge in [-0.1, -0.05) is 75.7 Å². The number of hydrogen-bond donors (Lipinski definition) is 0. The molecule has 9 nitrogen and oxygen atoms in total. The Morgan fingerprint density at radius 1 is 0.538 bits per heavy atom. The van der Waals surface area contributed by atoms with Crippen molar-refractivity contribution < 1.29 is 38.1 Å². The van der Waals surface area contributed by atoms with E-state index in [0.29, 0.717) is 10.7 Å². The highest BCUT2D eigenvalue weighted by Crippen LogP contribution is 2.37. The Kier molecular flexibility index (Phi) is 15.9. The molecule has 52 heavy (non-hydrogen) atoms. The van der Waals surface area contributed by atoms with Crippen LogP contribution in [0.4, 0.5) is 5.69 Å². The molecule has 0 spiro atoms. The van der Waals surface area contributed by atoms with Gasteiger partial charge in [-0.2, -0.15) is 0 Å². The summed E-state index contributed by atoms with van der Waals surface area (Å²) in [4.78, 5) is 39.1. The summed E-state index contributed by atoms with van der Waals surface area (Å²) in [5.41, 5.74) is 2.70. The van der Waals surface area contributed by atoms with Gasteiger partial charge in [0.05, 0.1) is 57.0 Å². The van der Waals surface area contributed by atoms with E-state index in [1.165, 1.54) is 57.7 Å². The third kappa shape index (κ3) is 10.0. The number of methoxy groups -OCH3 is 3. The Morgan fingerprint density at radius 2 is 0.885 bits per heavy atom. The van der Waals surface area contributed by atoms with Crippen molar-refractivity contribution in [2.75, 3.05) is 26.2 Å². The van der Waals surface area contributed by atoms with Crippen LogP contribution in [-0.2, 0) is 9.47 Å². The Labute approximate surface area is 336 Å². The lowest BCUT2D eigenvalue weighted by molar-refractivity contribution is 0.00873. The first kappa shape index (κ1) is 43.1. The van der Waals surface area contributed by atoms with E-state index in [2.05, 4.69) is 0 Å². The lowest BCUT2D eigenvalue weighted by Gasteiger charge is -2.35. The van der Waals surface area contributed by atoms with Crippen LogP contribution in [-0.4, -0.2) is 51.0 Å². The first-order valence-electron chi connectivity index (χ1n) is 15.0. The molecule has 16 heteroatoms. The highest BCUT2D eigenvalue weighted by Gasteiger charge is 2.31. The van der Waals surface area contributed by atoms with Crippen LogP contribution >= 0.6 is 81.2 Å². The molecule has 0 heterocycles. The molecule has 4 aromatic carbocycles. The van der Waals surface area contributed by atoms with Crippen LogP contribution in [0.1, 0.15) is 56.0 Å². The van der Waals surface area contributed by atoms with Crippen LogP contribution in [0.25, 0.3) is 0 Å². The largest absolute Gasteiger partial charge is 0.494 e. The number of nitrogens with zero attached hydrogens (tertiary/aromatic N) is 1. The van der Waals surface area contributed by atoms with Crippen LogP contribution < -0.4 is 19.1 Å². The molecular weight excluding hydrogens is 823 g/mol. The highest BCUT2D eigenvalue weighted by molar-refractivity contribution is 6.69. The minimum Gasteiger partial charge on any atom is -0.494 e. The van der Waals surface area contributed by atoms with E-state index in [1.807, 2.05) is 32.0 Å². The standard InChI is InChI=1S/C28H27Cl4NO6.C8H5Cl3O2/c1-14-7-8-18(13-15(14)2)33(16(3)38-27(34)23-19(29)9-11-21(31)25(23)36-5)17(4)39-28(35)24-20(30)10-12-22(32)26(24)37-6;1-13-7-5(10)3-2-4(9)6(7)8(11)12/h7-13,16-17H,1-6H3;2-3H,1H3. The quantitative estimate of drug-likeness (QED) is 0.0829. The highest BCUT2D eigenvalue weighted by atomic mass is 35.5. The van der Waals surface area contributed by atoms with E-state index in [0.717, 1.165) is 11.1 Å². The molecule has 0 radical (unpaired) electrons. The number of halogens is 7. The third-order valence-electron chi connectivity index (χ3n) is 7.52. The lowest BCUT2D eigenvalue weighted by atomic mass is 10.1. The molecule has 0 aliphatic carbocycles. The zero-order valence-corrected chi connectivity index (χ0v) is 34.0. The molecule has 0 amide bonds. The monoisotopic (exact) mass is 851 g/mol. The van der Waals surface area contributed by atoms with Crippen molar-refractivity contribution in [1.29, 1.82) is 0 Å². The maximum atomic E-state index is 13.3. The number of carbonyl (C=O) groups excluding carboxylic acids is 3. The number of hydrogen-bond acceptors (Lipinski definition) is 9. The molecule has 0 aromatic heterocycles. The fraction of sp³-hybridized carbons (Fsp3) is 0.250. The zero-order chi connectivity index (χ0) is 39.0. The number of carbonyl (C=O) groups is 3. The molecule has 0 saturated carbocycles. The van der Waals surface area contributed by atoms with E-state index in [-0.39, 0.29) is 59.1 Å². The second kappa shape index (κ2) is 19.2. The van der Waals surface area contributed by atoms with Gasteiger partial charge in [-0.3, -0.25) is 4.79 Å². The molecule has 0 fully saturated rings. The maximum absolute atomic E-state index is 13.3. The molecule has 4 rings (SSSR count). The second-order valence-electron chi connectivity index (χ2n) is 10.8. The second-order valence-corrected chi connectivity index (χ2v) is 13.6. The van der Waals surface area contributed by atoms with Gasteiger partial charge < -0.3 is 28.6 Å². The Hall–Kier alpha value is -3.28. The van der Waals surface area contributed by atoms with Gasteiger partial charge in [0.15, 0.2) is 29.7 Å². The molecule has 0 aliphatic rings. The van der Waals surface area contributed by atoms with E-state index >= 15 is 0 Å². The Balaban J connectivity index is 0.000000471. The van der Waals surface area contributed by atoms with Gasteiger partial charge in [0, 0.05) is 5.69 Å². The van der Waals surface area contributed by atoms with Gasteiger partial charge in [-0.05, 0) is 99.0 Å². The van der Waals surface area contributed by atoms with Crippen molar-refractivity contribution in [2.45, 2.75) is 40.2 Å². The van der Waals surface area contributed by atoms with Crippen molar-refractivity contribution in [3.8, 4) is 17.2 Å². The molecule has 0 saturated heterocycles. The summed E-state index contributed by atoms with van der Waals surface area (Å²) < 4.78 is 27.1. The van der Waals surface area contributed by atoms with Crippen molar-refractivity contribution >= 4 is 104 Å². The molecule has 0 bridgehead atoms. The number of rotatable bonds is 11. The van der Waals surface area contributed by atoms with Gasteiger partial charge in [0.1, 0.15) is 11.1 Å². The number of aryl methyl sites for hydroxylation is 2. The van der Waals surface area contributed by atoms with E-state index in [4.69, 9.17) is 105 Å². The van der Waals surface area contributed by atoms with Crippen LogP contribution in [0, 0.1) is 13.8 Å². The van der Waals surface area contributed by atoms with Gasteiger partial charge in [0.2, 0.25) is 0 Å². The van der Waals surface area contributed by atoms with Crippen molar-refractivity contribution in [1.82, 2.24) is 0 Å². The third-order valence-corrected chi connectivity index (χ3v) is 9.55. The van der Waals surface area contributed by atoms with Crippen molar-refractivity contribution in [3.05, 3.63) is 113 Å². The number of esters is 2. The van der Waals surface area contributed by atoms with Crippen LogP contribution in [0.5, 0.6) is 17.2 Å². The molecule has 0 N–H and O–H groups in total. The number of ether oxygens (including phenoxy) is 5. The Morgan fingerprint density at radius 3 is 1.21 bits per heavy atom. The smallest absolute Gasteiger partial charge is 0.345 e. The molecule has 2 unspecified atom stereocenters. The SMILES string of the molecule is COc1c(Cl)ccc(Cl)c1C(=O)Cl.COc1c(Cl)ccc(Cl)c1C(=O)OC(C)N(c1ccc(C)c(C)c1)C(C)OC(=O)c1c(Cl)ccc(Cl)c1OC. The summed E-state index contributed by atoms with van der Waals surface area (Å²) in [6, 6.07) is 14.6. The van der Waals surface area contributed by atoms with Crippen LogP contribution in [0.3, 0.4) is 0 Å². The fourth-order valence-corrected chi connectivity index (χ4v) is 6.53. The summed E-state index contributed by atoms with van der Waals surface area (Å²) >= 11 is 41.8. The van der Waals surface area contributed by atoms with E-state index < -0.39 is 29.6 Å². The van der Waals surface area contributed by atoms with Crippen molar-refractivity contribution in [2.24, 2.45) is 0 Å². The topological polar surface area (TPSA) is 101 Å². The van der Waals surface area contributed by atoms with E-state index in [9.17, 15) is 14.4 Å².